The van der Waals surface area contributed by atoms with Crippen LogP contribution in [0.3, 0.4) is 0 Å². The number of hydrogen-bond acceptors (Lipinski definition) is 5. The topological polar surface area (TPSA) is 68.2 Å². The highest BCUT2D eigenvalue weighted by molar-refractivity contribution is 6.07. The molecule has 0 aliphatic carbocycles. The minimum absolute atomic E-state index is 0.182. The molecule has 1 aliphatic heterocycles. The van der Waals surface area contributed by atoms with E-state index >= 15 is 0 Å². The smallest absolute Gasteiger partial charge is 0.258 e. The predicted octanol–water partition coefficient (Wildman–Crippen LogP) is 2.80. The lowest BCUT2D eigenvalue weighted by Crippen LogP contribution is -2.36. The monoisotopic (exact) mass is 343 g/mol. The van der Waals surface area contributed by atoms with Crippen LogP contribution >= 0.6 is 0 Å². The van der Waals surface area contributed by atoms with Crippen LogP contribution in [0.25, 0.3) is 0 Å². The van der Waals surface area contributed by atoms with Crippen LogP contribution in [0.1, 0.15) is 28.4 Å². The number of para-hydroxylation sites is 1. The third-order valence-corrected chi connectivity index (χ3v) is 4.37. The van der Waals surface area contributed by atoms with Crippen molar-refractivity contribution in [3.8, 4) is 17.2 Å². The van der Waals surface area contributed by atoms with Gasteiger partial charge in [-0.3, -0.25) is 4.79 Å². The lowest BCUT2D eigenvalue weighted by molar-refractivity contribution is 0.0969. The number of benzene rings is 2. The van der Waals surface area contributed by atoms with Gasteiger partial charge >= 0.3 is 0 Å². The molecule has 0 bridgehead atoms. The minimum Gasteiger partial charge on any atom is -0.493 e. The van der Waals surface area contributed by atoms with Crippen LogP contribution in [0, 0.1) is 0 Å². The van der Waals surface area contributed by atoms with Crippen molar-refractivity contribution in [2.45, 2.75) is 12.5 Å². The van der Waals surface area contributed by atoms with Crippen molar-refractivity contribution in [3.63, 3.8) is 0 Å². The second-order valence-corrected chi connectivity index (χ2v) is 5.73. The third-order valence-electron chi connectivity index (χ3n) is 4.37. The minimum atomic E-state index is -0.555. The average molecular weight is 343 g/mol. The summed E-state index contributed by atoms with van der Waals surface area (Å²) in [5.41, 5.74) is 1.91. The molecule has 0 saturated carbocycles. The van der Waals surface area contributed by atoms with Gasteiger partial charge in [0.2, 0.25) is 5.75 Å². The second-order valence-electron chi connectivity index (χ2n) is 5.73. The van der Waals surface area contributed by atoms with Gasteiger partial charge in [-0.25, -0.2) is 0 Å². The number of ether oxygens (including phenoxy) is 3. The number of carbonyl (C=O) groups is 1. The largest absolute Gasteiger partial charge is 0.493 e. The number of nitrogens with zero attached hydrogens (tertiary/aromatic N) is 1. The van der Waals surface area contributed by atoms with Crippen molar-refractivity contribution in [1.29, 1.82) is 0 Å². The van der Waals surface area contributed by atoms with Gasteiger partial charge in [0, 0.05) is 23.4 Å². The number of carbonyl (C=O) groups excluding carboxylic acids is 1. The number of hydrogen-bond donors (Lipinski definition) is 1. The molecule has 2 aromatic rings. The van der Waals surface area contributed by atoms with Crippen LogP contribution in [0.15, 0.2) is 36.4 Å². The molecule has 1 heterocycles. The zero-order valence-corrected chi connectivity index (χ0v) is 14.5. The molecule has 132 valence electrons. The average Bonchev–Trinajstić information content (AvgIpc) is 2.66. The Labute approximate surface area is 146 Å². The molecule has 0 spiro atoms. The molecule has 25 heavy (non-hydrogen) atoms. The van der Waals surface area contributed by atoms with E-state index in [2.05, 4.69) is 0 Å². The van der Waals surface area contributed by atoms with Gasteiger partial charge < -0.3 is 24.2 Å². The Morgan fingerprint density at radius 2 is 1.72 bits per heavy atom. The third kappa shape index (κ3) is 3.00. The van der Waals surface area contributed by atoms with E-state index in [0.29, 0.717) is 35.8 Å². The van der Waals surface area contributed by atoms with Gasteiger partial charge in [0.1, 0.15) is 0 Å². The molecule has 0 saturated heterocycles. The van der Waals surface area contributed by atoms with E-state index in [1.54, 1.807) is 17.0 Å². The van der Waals surface area contributed by atoms with E-state index in [1.807, 2.05) is 24.3 Å². The molecule has 1 N–H and O–H groups in total. The molecule has 1 unspecified atom stereocenters. The molecule has 6 nitrogen and oxygen atoms in total. The standard InChI is InChI=1S/C19H21NO5/c1-23-16-10-12(11-17(24-2)18(16)25-3)19(22)20-9-8-15(21)13-6-4-5-7-14(13)20/h4-7,10-11,15,21H,8-9H2,1-3H3. The summed E-state index contributed by atoms with van der Waals surface area (Å²) in [7, 11) is 4.54. The van der Waals surface area contributed by atoms with Gasteiger partial charge in [0.25, 0.3) is 5.91 Å². The molecule has 0 fully saturated rings. The number of methoxy groups -OCH3 is 3. The molecule has 6 heteroatoms. The molecular formula is C19H21NO5. The van der Waals surface area contributed by atoms with Gasteiger partial charge in [-0.15, -0.1) is 0 Å². The van der Waals surface area contributed by atoms with Crippen LogP contribution in [-0.4, -0.2) is 38.9 Å². The Balaban J connectivity index is 2.03. The van der Waals surface area contributed by atoms with Gasteiger partial charge in [-0.1, -0.05) is 18.2 Å². The summed E-state index contributed by atoms with van der Waals surface area (Å²) < 4.78 is 16.0. The highest BCUT2D eigenvalue weighted by atomic mass is 16.5. The van der Waals surface area contributed by atoms with E-state index in [4.69, 9.17) is 14.2 Å². The van der Waals surface area contributed by atoms with Gasteiger partial charge in [-0.05, 0) is 24.6 Å². The number of aliphatic hydroxyl groups excluding tert-OH is 1. The summed E-state index contributed by atoms with van der Waals surface area (Å²) in [4.78, 5) is 14.8. The second kappa shape index (κ2) is 7.03. The van der Waals surface area contributed by atoms with Gasteiger partial charge in [-0.2, -0.15) is 0 Å². The SMILES string of the molecule is COc1cc(C(=O)N2CCC(O)c3ccccc32)cc(OC)c1OC. The number of amides is 1. The van der Waals surface area contributed by atoms with Crippen LogP contribution < -0.4 is 19.1 Å². The fraction of sp³-hybridized carbons (Fsp3) is 0.316. The quantitative estimate of drug-likeness (QED) is 0.924. The summed E-state index contributed by atoms with van der Waals surface area (Å²) >= 11 is 0. The summed E-state index contributed by atoms with van der Waals surface area (Å²) in [5.74, 6) is 1.11. The first-order chi connectivity index (χ1) is 12.1. The fourth-order valence-corrected chi connectivity index (χ4v) is 3.11. The van der Waals surface area contributed by atoms with Crippen molar-refractivity contribution >= 4 is 11.6 Å². The zero-order chi connectivity index (χ0) is 18.0. The van der Waals surface area contributed by atoms with Crippen LogP contribution in [0.5, 0.6) is 17.2 Å². The number of aliphatic hydroxyl groups is 1. The Morgan fingerprint density at radius 3 is 2.32 bits per heavy atom. The van der Waals surface area contributed by atoms with Gasteiger partial charge in [0.15, 0.2) is 11.5 Å². The van der Waals surface area contributed by atoms with E-state index in [0.717, 1.165) is 11.3 Å². The van der Waals surface area contributed by atoms with Crippen LogP contribution in [-0.2, 0) is 0 Å². The Morgan fingerprint density at radius 1 is 1.08 bits per heavy atom. The molecule has 3 rings (SSSR count). The lowest BCUT2D eigenvalue weighted by Gasteiger charge is -2.32. The van der Waals surface area contributed by atoms with Crippen molar-refractivity contribution in [3.05, 3.63) is 47.5 Å². The number of anilines is 1. The summed E-state index contributed by atoms with van der Waals surface area (Å²) in [6, 6.07) is 10.7. The maximum absolute atomic E-state index is 13.1. The number of fused-ring (bicyclic) bond motifs is 1. The van der Waals surface area contributed by atoms with Crippen molar-refractivity contribution < 1.29 is 24.1 Å². The summed E-state index contributed by atoms with van der Waals surface area (Å²) in [5, 5.41) is 10.2. The fourth-order valence-electron chi connectivity index (χ4n) is 3.11. The maximum atomic E-state index is 13.1. The highest BCUT2D eigenvalue weighted by Gasteiger charge is 2.29. The molecule has 2 aromatic carbocycles. The van der Waals surface area contributed by atoms with E-state index in [1.165, 1.54) is 21.3 Å². The lowest BCUT2D eigenvalue weighted by atomic mass is 9.98. The van der Waals surface area contributed by atoms with Crippen LogP contribution in [0.4, 0.5) is 5.69 Å². The van der Waals surface area contributed by atoms with Crippen LogP contribution in [0.2, 0.25) is 0 Å². The van der Waals surface area contributed by atoms with Crippen molar-refractivity contribution in [2.24, 2.45) is 0 Å². The van der Waals surface area contributed by atoms with Crippen molar-refractivity contribution in [2.75, 3.05) is 32.8 Å². The summed E-state index contributed by atoms with van der Waals surface area (Å²) in [6.45, 7) is 0.438. The molecule has 1 aliphatic rings. The zero-order valence-electron chi connectivity index (χ0n) is 14.5. The maximum Gasteiger partial charge on any atom is 0.258 e. The Kier molecular flexibility index (Phi) is 4.81. The molecular weight excluding hydrogens is 322 g/mol. The van der Waals surface area contributed by atoms with E-state index in [-0.39, 0.29) is 5.91 Å². The highest BCUT2D eigenvalue weighted by Crippen LogP contribution is 2.40. The molecule has 1 amide bonds. The summed E-state index contributed by atoms with van der Waals surface area (Å²) in [6.07, 6.45) is -0.0621. The molecule has 0 radical (unpaired) electrons. The number of rotatable bonds is 4. The molecule has 0 aromatic heterocycles. The van der Waals surface area contributed by atoms with E-state index < -0.39 is 6.10 Å². The first-order valence-corrected chi connectivity index (χ1v) is 7.99. The first kappa shape index (κ1) is 17.1. The van der Waals surface area contributed by atoms with Crippen molar-refractivity contribution in [1.82, 2.24) is 0 Å². The Hall–Kier alpha value is -2.73. The normalized spacial score (nSPS) is 16.2. The molecule has 1 atom stereocenters. The van der Waals surface area contributed by atoms with E-state index in [9.17, 15) is 9.90 Å². The first-order valence-electron chi connectivity index (χ1n) is 7.99. The predicted molar refractivity (Wildman–Crippen MR) is 93.8 cm³/mol. The Bertz CT molecular complexity index is 764. The van der Waals surface area contributed by atoms with Gasteiger partial charge in [0.05, 0.1) is 27.4 Å².